The number of rotatable bonds is 2. The average molecular weight is 234 g/mol. The molecule has 1 aliphatic rings. The Morgan fingerprint density at radius 2 is 2.31 bits per heavy atom. The zero-order valence-electron chi connectivity index (χ0n) is 9.19. The van der Waals surface area contributed by atoms with Gasteiger partial charge < -0.3 is 0 Å². The molecule has 3 nitrogen and oxygen atoms in total. The van der Waals surface area contributed by atoms with Crippen LogP contribution in [0.3, 0.4) is 0 Å². The molecule has 1 heterocycles. The van der Waals surface area contributed by atoms with Gasteiger partial charge in [0.05, 0.1) is 5.71 Å². The highest BCUT2D eigenvalue weighted by Crippen LogP contribution is 2.29. The van der Waals surface area contributed by atoms with Crippen LogP contribution in [0.2, 0.25) is 0 Å². The van der Waals surface area contributed by atoms with Crippen LogP contribution in [0.5, 0.6) is 0 Å². The summed E-state index contributed by atoms with van der Waals surface area (Å²) in [7, 11) is 0. The number of nitrogens with one attached hydrogen (secondary N) is 1. The van der Waals surface area contributed by atoms with Gasteiger partial charge in [0.15, 0.2) is 0 Å². The molecule has 1 aromatic rings. The van der Waals surface area contributed by atoms with E-state index in [4.69, 9.17) is 0 Å². The molecule has 84 valence electrons. The van der Waals surface area contributed by atoms with E-state index >= 15 is 0 Å². The first-order chi connectivity index (χ1) is 7.81. The van der Waals surface area contributed by atoms with Crippen LogP contribution >= 0.6 is 11.8 Å². The van der Waals surface area contributed by atoms with Crippen molar-refractivity contribution in [1.29, 1.82) is 0 Å². The first-order valence-electron chi connectivity index (χ1n) is 5.39. The second-order valence-electron chi connectivity index (χ2n) is 3.54. The summed E-state index contributed by atoms with van der Waals surface area (Å²) in [5.41, 5.74) is 4.71. The van der Waals surface area contributed by atoms with E-state index in [1.165, 1.54) is 4.90 Å². The predicted octanol–water partition coefficient (Wildman–Crippen LogP) is 2.41. The minimum Gasteiger partial charge on any atom is -0.273 e. The third-order valence-electron chi connectivity index (χ3n) is 2.43. The van der Waals surface area contributed by atoms with Crippen molar-refractivity contribution in [2.75, 3.05) is 5.75 Å². The lowest BCUT2D eigenvalue weighted by molar-refractivity contribution is -0.120. The third-order valence-corrected chi connectivity index (χ3v) is 3.51. The maximum atomic E-state index is 11.1. The number of hydrazone groups is 1. The molecule has 0 radical (unpaired) electrons. The van der Waals surface area contributed by atoms with Crippen molar-refractivity contribution in [3.05, 3.63) is 29.8 Å². The molecule has 1 aliphatic heterocycles. The lowest BCUT2D eigenvalue weighted by Gasteiger charge is -2.16. The number of fused-ring (bicyclic) bond motifs is 1. The van der Waals surface area contributed by atoms with E-state index in [1.54, 1.807) is 0 Å². The Morgan fingerprint density at radius 1 is 1.50 bits per heavy atom. The number of thioether (sulfide) groups is 1. The average Bonchev–Trinajstić information content (AvgIpc) is 2.35. The van der Waals surface area contributed by atoms with Gasteiger partial charge in [0.1, 0.15) is 0 Å². The summed E-state index contributed by atoms with van der Waals surface area (Å²) in [4.78, 5) is 12.4. The highest BCUT2D eigenvalue weighted by atomic mass is 32.2. The van der Waals surface area contributed by atoms with Gasteiger partial charge in [0.2, 0.25) is 5.91 Å². The summed E-state index contributed by atoms with van der Waals surface area (Å²) in [6.45, 7) is 1.82. The first kappa shape index (κ1) is 11.2. The molecule has 1 N–H and O–H groups in total. The van der Waals surface area contributed by atoms with Gasteiger partial charge in [-0.2, -0.15) is 5.10 Å². The predicted molar refractivity (Wildman–Crippen MR) is 66.8 cm³/mol. The second kappa shape index (κ2) is 5.16. The Balaban J connectivity index is 2.21. The molecule has 0 bridgehead atoms. The van der Waals surface area contributed by atoms with Crippen LogP contribution in [0.4, 0.5) is 0 Å². The van der Waals surface area contributed by atoms with Gasteiger partial charge in [-0.05, 0) is 6.07 Å². The summed E-state index contributed by atoms with van der Waals surface area (Å²) in [6.07, 6.45) is 1.37. The number of nitrogens with zero attached hydrogens (tertiary/aromatic N) is 1. The minimum atomic E-state index is -0.0387. The standard InChI is InChI=1S/C12H14N2OS/c1-2-12(15)14-13-10-7-8-16-11-6-4-3-5-9(10)11/h3-6H,2,7-8H2,1H3,(H,14,15)/b13-10-. The Kier molecular flexibility index (Phi) is 3.62. The van der Waals surface area contributed by atoms with E-state index in [2.05, 4.69) is 22.7 Å². The van der Waals surface area contributed by atoms with Crippen LogP contribution < -0.4 is 5.43 Å². The van der Waals surface area contributed by atoms with Gasteiger partial charge in [0, 0.05) is 29.1 Å². The summed E-state index contributed by atoms with van der Waals surface area (Å²) >= 11 is 1.84. The number of amides is 1. The van der Waals surface area contributed by atoms with Gasteiger partial charge in [-0.25, -0.2) is 5.43 Å². The Bertz CT molecular complexity index is 429. The molecule has 0 fully saturated rings. The van der Waals surface area contributed by atoms with Gasteiger partial charge in [-0.3, -0.25) is 4.79 Å². The van der Waals surface area contributed by atoms with Crippen molar-refractivity contribution in [2.24, 2.45) is 5.10 Å². The molecule has 0 atom stereocenters. The molecule has 0 spiro atoms. The normalized spacial score (nSPS) is 16.9. The lowest BCUT2D eigenvalue weighted by Crippen LogP contribution is -2.20. The van der Waals surface area contributed by atoms with E-state index in [0.29, 0.717) is 6.42 Å². The molecule has 0 saturated heterocycles. The number of hydrogen-bond acceptors (Lipinski definition) is 3. The molecule has 0 aromatic heterocycles. The van der Waals surface area contributed by atoms with E-state index in [1.807, 2.05) is 30.8 Å². The highest BCUT2D eigenvalue weighted by Gasteiger charge is 2.15. The summed E-state index contributed by atoms with van der Waals surface area (Å²) in [6, 6.07) is 8.18. The van der Waals surface area contributed by atoms with Gasteiger partial charge in [-0.15, -0.1) is 11.8 Å². The third kappa shape index (κ3) is 2.44. The maximum absolute atomic E-state index is 11.1. The van der Waals surface area contributed by atoms with Crippen molar-refractivity contribution < 1.29 is 4.79 Å². The van der Waals surface area contributed by atoms with Gasteiger partial charge in [-0.1, -0.05) is 25.1 Å². The molecule has 0 aliphatic carbocycles. The van der Waals surface area contributed by atoms with Crippen molar-refractivity contribution in [3.63, 3.8) is 0 Å². The van der Waals surface area contributed by atoms with E-state index in [9.17, 15) is 4.79 Å². The Hall–Kier alpha value is -1.29. The maximum Gasteiger partial charge on any atom is 0.239 e. The Labute approximate surface area is 99.3 Å². The fourth-order valence-electron chi connectivity index (χ4n) is 1.55. The molecule has 4 heteroatoms. The molecule has 16 heavy (non-hydrogen) atoms. The van der Waals surface area contributed by atoms with Gasteiger partial charge in [0.25, 0.3) is 0 Å². The van der Waals surface area contributed by atoms with Crippen molar-refractivity contribution in [3.8, 4) is 0 Å². The van der Waals surface area contributed by atoms with E-state index in [0.717, 1.165) is 23.4 Å². The molecular weight excluding hydrogens is 220 g/mol. The van der Waals surface area contributed by atoms with Crippen molar-refractivity contribution in [1.82, 2.24) is 5.43 Å². The van der Waals surface area contributed by atoms with Gasteiger partial charge >= 0.3 is 0 Å². The van der Waals surface area contributed by atoms with Crippen LogP contribution in [0.25, 0.3) is 0 Å². The van der Waals surface area contributed by atoms with Crippen molar-refractivity contribution >= 4 is 23.4 Å². The number of benzene rings is 1. The van der Waals surface area contributed by atoms with Crippen LogP contribution in [0.1, 0.15) is 25.3 Å². The highest BCUT2D eigenvalue weighted by molar-refractivity contribution is 7.99. The smallest absolute Gasteiger partial charge is 0.239 e. The SMILES string of the molecule is CCC(=O)N/N=C1/CCSc2ccccc21. The summed E-state index contributed by atoms with van der Waals surface area (Å²) in [5, 5.41) is 4.20. The topological polar surface area (TPSA) is 41.5 Å². The fourth-order valence-corrected chi connectivity index (χ4v) is 2.58. The number of carbonyl (C=O) groups excluding carboxylic acids is 1. The van der Waals surface area contributed by atoms with Crippen molar-refractivity contribution in [2.45, 2.75) is 24.7 Å². The quantitative estimate of drug-likeness (QED) is 0.798. The van der Waals surface area contributed by atoms with Crippen LogP contribution in [-0.4, -0.2) is 17.4 Å². The van der Waals surface area contributed by atoms with Crippen LogP contribution in [0, 0.1) is 0 Å². The molecule has 1 amide bonds. The second-order valence-corrected chi connectivity index (χ2v) is 4.68. The van der Waals surface area contributed by atoms with Crippen LogP contribution in [-0.2, 0) is 4.79 Å². The molecule has 2 rings (SSSR count). The first-order valence-corrected chi connectivity index (χ1v) is 6.37. The summed E-state index contributed by atoms with van der Waals surface area (Å²) in [5.74, 6) is 0.987. The van der Waals surface area contributed by atoms with Crippen LogP contribution in [0.15, 0.2) is 34.3 Å². The van der Waals surface area contributed by atoms with E-state index < -0.39 is 0 Å². The molecule has 0 unspecified atom stereocenters. The van der Waals surface area contributed by atoms with E-state index in [-0.39, 0.29) is 5.91 Å². The zero-order valence-corrected chi connectivity index (χ0v) is 10.0. The molecule has 1 aromatic carbocycles. The molecular formula is C12H14N2OS. The Morgan fingerprint density at radius 3 is 3.12 bits per heavy atom. The molecule has 0 saturated carbocycles. The minimum absolute atomic E-state index is 0.0387. The fraction of sp³-hybridized carbons (Fsp3) is 0.333. The lowest BCUT2D eigenvalue weighted by atomic mass is 10.1. The zero-order chi connectivity index (χ0) is 11.4. The number of hydrogen-bond donors (Lipinski definition) is 1. The summed E-state index contributed by atoms with van der Waals surface area (Å²) < 4.78 is 0. The number of carbonyl (C=O) groups is 1. The monoisotopic (exact) mass is 234 g/mol. The largest absolute Gasteiger partial charge is 0.273 e.